The monoisotopic (exact) mass is 208 g/mol. The molecule has 0 aliphatic heterocycles. The molecule has 0 saturated heterocycles. The van der Waals surface area contributed by atoms with Crippen molar-refractivity contribution in [2.24, 2.45) is 5.84 Å². The molecule has 5 heteroatoms. The quantitative estimate of drug-likeness (QED) is 0.435. The third-order valence-corrected chi connectivity index (χ3v) is 1.90. The van der Waals surface area contributed by atoms with Gasteiger partial charge >= 0.3 is 0 Å². The highest BCUT2D eigenvalue weighted by Gasteiger charge is 2.14. The standard InChI is InChI=1S/C10H16N4O/c1-4-5-15-10-8(7(2)3)9(14-11)12-6-13-10/h4,6-7H,1,5,11H2,2-3H3,(H,12,13,14). The zero-order valence-electron chi connectivity index (χ0n) is 9.03. The molecule has 0 unspecified atom stereocenters. The Morgan fingerprint density at radius 2 is 2.33 bits per heavy atom. The van der Waals surface area contributed by atoms with Crippen molar-refractivity contribution in [1.82, 2.24) is 9.97 Å². The molecule has 1 rings (SSSR count). The topological polar surface area (TPSA) is 73.1 Å². The summed E-state index contributed by atoms with van der Waals surface area (Å²) in [6, 6.07) is 0. The molecular weight excluding hydrogens is 192 g/mol. The zero-order valence-corrected chi connectivity index (χ0v) is 9.03. The Labute approximate surface area is 89.3 Å². The number of nitrogens with two attached hydrogens (primary N) is 1. The van der Waals surface area contributed by atoms with Crippen LogP contribution in [0.5, 0.6) is 5.88 Å². The minimum absolute atomic E-state index is 0.233. The number of anilines is 1. The first-order valence-electron chi connectivity index (χ1n) is 4.75. The first-order valence-corrected chi connectivity index (χ1v) is 4.75. The fourth-order valence-electron chi connectivity index (χ4n) is 1.27. The molecule has 0 saturated carbocycles. The summed E-state index contributed by atoms with van der Waals surface area (Å²) < 4.78 is 5.43. The minimum Gasteiger partial charge on any atom is -0.473 e. The van der Waals surface area contributed by atoms with E-state index in [2.05, 4.69) is 22.0 Å². The fourth-order valence-corrected chi connectivity index (χ4v) is 1.27. The van der Waals surface area contributed by atoms with Gasteiger partial charge < -0.3 is 10.2 Å². The van der Waals surface area contributed by atoms with Crippen molar-refractivity contribution in [2.45, 2.75) is 19.8 Å². The van der Waals surface area contributed by atoms with Crippen molar-refractivity contribution >= 4 is 5.82 Å². The first kappa shape index (κ1) is 11.5. The third kappa shape index (κ3) is 2.66. The van der Waals surface area contributed by atoms with Crippen LogP contribution in [0.25, 0.3) is 0 Å². The summed E-state index contributed by atoms with van der Waals surface area (Å²) in [5, 5.41) is 0. The highest BCUT2D eigenvalue weighted by Crippen LogP contribution is 2.29. The van der Waals surface area contributed by atoms with Crippen LogP contribution in [-0.2, 0) is 0 Å². The van der Waals surface area contributed by atoms with E-state index in [4.69, 9.17) is 10.6 Å². The summed E-state index contributed by atoms with van der Waals surface area (Å²) in [4.78, 5) is 8.10. The Hall–Kier alpha value is -1.62. The molecule has 0 fully saturated rings. The van der Waals surface area contributed by atoms with Crippen molar-refractivity contribution in [2.75, 3.05) is 12.0 Å². The number of hydrazine groups is 1. The lowest BCUT2D eigenvalue weighted by Gasteiger charge is -2.14. The maximum absolute atomic E-state index is 5.43. The van der Waals surface area contributed by atoms with Crippen molar-refractivity contribution < 1.29 is 4.74 Å². The normalized spacial score (nSPS) is 10.1. The van der Waals surface area contributed by atoms with Gasteiger partial charge in [-0.3, -0.25) is 0 Å². The summed E-state index contributed by atoms with van der Waals surface area (Å²) in [6.07, 6.45) is 3.08. The van der Waals surface area contributed by atoms with Gasteiger partial charge in [0.15, 0.2) is 5.82 Å². The minimum atomic E-state index is 0.233. The van der Waals surface area contributed by atoms with Gasteiger partial charge in [-0.15, -0.1) is 0 Å². The van der Waals surface area contributed by atoms with Gasteiger partial charge in [0.2, 0.25) is 5.88 Å². The Morgan fingerprint density at radius 3 is 2.87 bits per heavy atom. The van der Waals surface area contributed by atoms with Gasteiger partial charge in [-0.05, 0) is 5.92 Å². The molecule has 15 heavy (non-hydrogen) atoms. The van der Waals surface area contributed by atoms with Crippen molar-refractivity contribution in [3.8, 4) is 5.88 Å². The maximum atomic E-state index is 5.43. The van der Waals surface area contributed by atoms with Gasteiger partial charge in [0.1, 0.15) is 12.9 Å². The summed E-state index contributed by atoms with van der Waals surface area (Å²) in [6.45, 7) is 8.06. The number of nitrogens with one attached hydrogen (secondary N) is 1. The smallest absolute Gasteiger partial charge is 0.222 e. The molecule has 0 spiro atoms. The second-order valence-corrected chi connectivity index (χ2v) is 3.34. The van der Waals surface area contributed by atoms with Crippen molar-refractivity contribution in [1.29, 1.82) is 0 Å². The van der Waals surface area contributed by atoms with Crippen LogP contribution in [0.3, 0.4) is 0 Å². The number of ether oxygens (including phenoxy) is 1. The summed E-state index contributed by atoms with van der Waals surface area (Å²) in [5.41, 5.74) is 3.41. The highest BCUT2D eigenvalue weighted by molar-refractivity contribution is 5.49. The van der Waals surface area contributed by atoms with Gasteiger partial charge in [0, 0.05) is 0 Å². The molecule has 3 N–H and O–H groups in total. The molecular formula is C10H16N4O. The van der Waals surface area contributed by atoms with Crippen molar-refractivity contribution in [3.05, 3.63) is 24.5 Å². The lowest BCUT2D eigenvalue weighted by molar-refractivity contribution is 0.342. The number of nitrogens with zero attached hydrogens (tertiary/aromatic N) is 2. The molecule has 1 heterocycles. The van der Waals surface area contributed by atoms with Gasteiger partial charge in [0.25, 0.3) is 0 Å². The zero-order chi connectivity index (χ0) is 11.3. The van der Waals surface area contributed by atoms with Crippen LogP contribution < -0.4 is 16.0 Å². The lowest BCUT2D eigenvalue weighted by Crippen LogP contribution is -2.14. The van der Waals surface area contributed by atoms with Crippen molar-refractivity contribution in [3.63, 3.8) is 0 Å². The number of nitrogen functional groups attached to an aromatic ring is 1. The van der Waals surface area contributed by atoms with Crippen LogP contribution in [0.4, 0.5) is 5.82 Å². The first-order chi connectivity index (χ1) is 7.20. The second kappa shape index (κ2) is 5.31. The molecule has 82 valence electrons. The fraction of sp³-hybridized carbons (Fsp3) is 0.400. The second-order valence-electron chi connectivity index (χ2n) is 3.34. The van der Waals surface area contributed by atoms with E-state index in [0.717, 1.165) is 5.56 Å². The van der Waals surface area contributed by atoms with E-state index in [1.807, 2.05) is 13.8 Å². The SMILES string of the molecule is C=CCOc1ncnc(NN)c1C(C)C. The predicted molar refractivity (Wildman–Crippen MR) is 59.6 cm³/mol. The highest BCUT2D eigenvalue weighted by atomic mass is 16.5. The average Bonchev–Trinajstić information content (AvgIpc) is 2.25. The third-order valence-electron chi connectivity index (χ3n) is 1.90. The summed E-state index contributed by atoms with van der Waals surface area (Å²) >= 11 is 0. The molecule has 0 amide bonds. The summed E-state index contributed by atoms with van der Waals surface area (Å²) in [5.74, 6) is 6.75. The largest absolute Gasteiger partial charge is 0.473 e. The Morgan fingerprint density at radius 1 is 1.60 bits per heavy atom. The van der Waals surface area contributed by atoms with Crippen LogP contribution >= 0.6 is 0 Å². The lowest BCUT2D eigenvalue weighted by atomic mass is 10.1. The van der Waals surface area contributed by atoms with Crippen LogP contribution in [0.2, 0.25) is 0 Å². The molecule has 0 radical (unpaired) electrons. The van der Waals surface area contributed by atoms with Gasteiger partial charge in [-0.1, -0.05) is 26.5 Å². The average molecular weight is 208 g/mol. The summed E-state index contributed by atoms with van der Waals surface area (Å²) in [7, 11) is 0. The molecule has 5 nitrogen and oxygen atoms in total. The molecule has 0 atom stereocenters. The molecule has 1 aromatic rings. The van der Waals surface area contributed by atoms with Crippen LogP contribution in [0.15, 0.2) is 19.0 Å². The van der Waals surface area contributed by atoms with Gasteiger partial charge in [0.05, 0.1) is 5.56 Å². The molecule has 0 bridgehead atoms. The number of rotatable bonds is 5. The molecule has 1 aromatic heterocycles. The van der Waals surface area contributed by atoms with Crippen LogP contribution in [0, 0.1) is 0 Å². The number of hydrogen-bond acceptors (Lipinski definition) is 5. The Bertz CT molecular complexity index is 338. The maximum Gasteiger partial charge on any atom is 0.222 e. The van der Waals surface area contributed by atoms with Gasteiger partial charge in [-0.2, -0.15) is 0 Å². The Kier molecular flexibility index (Phi) is 4.05. The molecule has 0 aliphatic rings. The predicted octanol–water partition coefficient (Wildman–Crippen LogP) is 1.45. The molecule has 0 aliphatic carbocycles. The molecule has 0 aromatic carbocycles. The van der Waals surface area contributed by atoms with E-state index in [0.29, 0.717) is 18.3 Å². The van der Waals surface area contributed by atoms with E-state index >= 15 is 0 Å². The van der Waals surface area contributed by atoms with Crippen LogP contribution in [0.1, 0.15) is 25.3 Å². The number of hydrogen-bond donors (Lipinski definition) is 2. The Balaban J connectivity index is 3.07. The van der Waals surface area contributed by atoms with E-state index < -0.39 is 0 Å². The van der Waals surface area contributed by atoms with E-state index in [1.165, 1.54) is 6.33 Å². The van der Waals surface area contributed by atoms with E-state index in [-0.39, 0.29) is 5.92 Å². The van der Waals surface area contributed by atoms with E-state index in [1.54, 1.807) is 6.08 Å². The number of aromatic nitrogens is 2. The van der Waals surface area contributed by atoms with E-state index in [9.17, 15) is 0 Å². The van der Waals surface area contributed by atoms with Gasteiger partial charge in [-0.25, -0.2) is 15.8 Å². The van der Waals surface area contributed by atoms with Crippen LogP contribution in [-0.4, -0.2) is 16.6 Å².